The van der Waals surface area contributed by atoms with Gasteiger partial charge < -0.3 is 15.0 Å². The van der Waals surface area contributed by atoms with Gasteiger partial charge in [0.1, 0.15) is 11.4 Å². The molecule has 0 aromatic heterocycles. The lowest BCUT2D eigenvalue weighted by atomic mass is 10.1. The third-order valence-corrected chi connectivity index (χ3v) is 3.74. The van der Waals surface area contributed by atoms with Gasteiger partial charge in [-0.05, 0) is 31.2 Å². The molecule has 0 bridgehead atoms. The number of benzene rings is 2. The largest absolute Gasteiger partial charge is 0.495 e. The molecule has 1 N–H and O–H groups in total. The van der Waals surface area contributed by atoms with Gasteiger partial charge in [0.15, 0.2) is 0 Å². The summed E-state index contributed by atoms with van der Waals surface area (Å²) in [5.74, 6) is 0.184. The fourth-order valence-corrected chi connectivity index (χ4v) is 2.48. The van der Waals surface area contributed by atoms with E-state index in [1.807, 2.05) is 6.07 Å². The first-order valence-corrected chi connectivity index (χ1v) is 7.86. The fraction of sp³-hybridized carbons (Fsp3) is 0.222. The first-order chi connectivity index (χ1) is 12.5. The Morgan fingerprint density at radius 3 is 2.69 bits per heavy atom. The number of rotatable bonds is 7. The molecule has 2 aromatic carbocycles. The summed E-state index contributed by atoms with van der Waals surface area (Å²) in [5.41, 5.74) is 0.781. The van der Waals surface area contributed by atoms with Crippen molar-refractivity contribution >= 4 is 23.0 Å². The van der Waals surface area contributed by atoms with E-state index in [4.69, 9.17) is 10.00 Å². The number of carbonyl (C=O) groups excluding carboxylic acids is 1. The van der Waals surface area contributed by atoms with Gasteiger partial charge in [-0.25, -0.2) is 0 Å². The molecule has 0 saturated heterocycles. The molecule has 8 nitrogen and oxygen atoms in total. The number of nitrogens with zero attached hydrogens (tertiary/aromatic N) is 3. The van der Waals surface area contributed by atoms with E-state index in [0.29, 0.717) is 18.0 Å². The average molecular weight is 354 g/mol. The van der Waals surface area contributed by atoms with Crippen LogP contribution in [0.4, 0.5) is 17.1 Å². The number of carbonyl (C=O) groups is 1. The second kappa shape index (κ2) is 8.48. The summed E-state index contributed by atoms with van der Waals surface area (Å²) in [4.78, 5) is 24.7. The van der Waals surface area contributed by atoms with Crippen LogP contribution in [0, 0.1) is 21.4 Å². The molecule has 0 unspecified atom stereocenters. The van der Waals surface area contributed by atoms with Crippen LogP contribution in [0.1, 0.15) is 12.5 Å². The number of hydrogen-bond acceptors (Lipinski definition) is 6. The van der Waals surface area contributed by atoms with Crippen LogP contribution < -0.4 is 15.0 Å². The summed E-state index contributed by atoms with van der Waals surface area (Å²) < 4.78 is 5.19. The van der Waals surface area contributed by atoms with Crippen LogP contribution in [-0.2, 0) is 4.79 Å². The zero-order chi connectivity index (χ0) is 19.1. The van der Waals surface area contributed by atoms with Crippen molar-refractivity contribution in [3.8, 4) is 11.8 Å². The predicted octanol–water partition coefficient (Wildman–Crippen LogP) is 2.94. The molecular weight excluding hydrogens is 336 g/mol. The Kier molecular flexibility index (Phi) is 6.11. The molecule has 0 atom stereocenters. The maximum atomic E-state index is 12.4. The Balaban J connectivity index is 2.23. The van der Waals surface area contributed by atoms with E-state index in [1.54, 1.807) is 36.1 Å². The Morgan fingerprint density at radius 2 is 2.08 bits per heavy atom. The molecule has 26 heavy (non-hydrogen) atoms. The van der Waals surface area contributed by atoms with Crippen LogP contribution in [0.25, 0.3) is 0 Å². The van der Waals surface area contributed by atoms with Crippen LogP contribution in [-0.4, -0.2) is 31.0 Å². The molecule has 2 rings (SSSR count). The van der Waals surface area contributed by atoms with Crippen molar-refractivity contribution in [3.05, 3.63) is 58.1 Å². The van der Waals surface area contributed by atoms with Crippen LogP contribution in [0.5, 0.6) is 5.75 Å². The van der Waals surface area contributed by atoms with Crippen LogP contribution in [0.2, 0.25) is 0 Å². The number of amides is 1. The fourth-order valence-electron chi connectivity index (χ4n) is 2.48. The molecule has 0 aliphatic rings. The van der Waals surface area contributed by atoms with Crippen molar-refractivity contribution in [2.75, 3.05) is 30.4 Å². The highest BCUT2D eigenvalue weighted by atomic mass is 16.6. The number of ether oxygens (including phenoxy) is 1. The molecule has 1 amide bonds. The first-order valence-electron chi connectivity index (χ1n) is 7.86. The number of likely N-dealkylation sites (N-methyl/N-ethyl adjacent to an activating group) is 1. The Hall–Kier alpha value is -3.60. The highest BCUT2D eigenvalue weighted by molar-refractivity contribution is 5.95. The molecule has 0 radical (unpaired) electrons. The third kappa shape index (κ3) is 4.27. The van der Waals surface area contributed by atoms with Crippen molar-refractivity contribution < 1.29 is 14.5 Å². The average Bonchev–Trinajstić information content (AvgIpc) is 2.66. The normalized spacial score (nSPS) is 9.88. The van der Waals surface area contributed by atoms with Crippen molar-refractivity contribution in [2.24, 2.45) is 0 Å². The number of anilines is 2. The monoisotopic (exact) mass is 354 g/mol. The minimum atomic E-state index is -0.559. The van der Waals surface area contributed by atoms with Gasteiger partial charge in [-0.2, -0.15) is 5.26 Å². The van der Waals surface area contributed by atoms with Gasteiger partial charge in [-0.3, -0.25) is 14.9 Å². The molecule has 0 aliphatic carbocycles. The SMILES string of the molecule is CCN(CC(=O)Nc1ccccc1OC)c1ccc(C#N)cc1[N+](=O)[O-]. The number of nitrogens with one attached hydrogen (secondary N) is 1. The Morgan fingerprint density at radius 1 is 1.35 bits per heavy atom. The molecular formula is C18H18N4O4. The maximum Gasteiger partial charge on any atom is 0.293 e. The third-order valence-electron chi connectivity index (χ3n) is 3.74. The molecule has 2 aromatic rings. The molecule has 0 heterocycles. The lowest BCUT2D eigenvalue weighted by molar-refractivity contribution is -0.384. The van der Waals surface area contributed by atoms with E-state index in [1.165, 1.54) is 25.3 Å². The topological polar surface area (TPSA) is 109 Å². The van der Waals surface area contributed by atoms with Gasteiger partial charge in [0.05, 0.1) is 35.9 Å². The van der Waals surface area contributed by atoms with E-state index in [2.05, 4.69) is 5.32 Å². The molecule has 134 valence electrons. The Labute approximate surface area is 150 Å². The van der Waals surface area contributed by atoms with Crippen molar-refractivity contribution in [3.63, 3.8) is 0 Å². The number of hydrogen-bond donors (Lipinski definition) is 1. The first kappa shape index (κ1) is 18.7. The maximum absolute atomic E-state index is 12.4. The molecule has 0 saturated carbocycles. The number of nitro groups is 1. The molecule has 8 heteroatoms. The van der Waals surface area contributed by atoms with Gasteiger partial charge in [-0.15, -0.1) is 0 Å². The standard InChI is InChI=1S/C18H18N4O4/c1-3-21(15-9-8-13(11-19)10-16(15)22(24)25)12-18(23)20-14-6-4-5-7-17(14)26-2/h4-10H,3,12H2,1-2H3,(H,20,23). The number of para-hydroxylation sites is 2. The number of methoxy groups -OCH3 is 1. The molecule has 0 aliphatic heterocycles. The lowest BCUT2D eigenvalue weighted by Crippen LogP contribution is -2.33. The van der Waals surface area contributed by atoms with E-state index in [-0.39, 0.29) is 29.4 Å². The summed E-state index contributed by atoms with van der Waals surface area (Å²) in [5, 5.41) is 23.0. The second-order valence-corrected chi connectivity index (χ2v) is 5.34. The summed E-state index contributed by atoms with van der Waals surface area (Å²) in [6.07, 6.45) is 0. The zero-order valence-corrected chi connectivity index (χ0v) is 14.4. The zero-order valence-electron chi connectivity index (χ0n) is 14.4. The number of nitriles is 1. The van der Waals surface area contributed by atoms with Crippen LogP contribution >= 0.6 is 0 Å². The second-order valence-electron chi connectivity index (χ2n) is 5.34. The van der Waals surface area contributed by atoms with Gasteiger partial charge in [-0.1, -0.05) is 12.1 Å². The van der Waals surface area contributed by atoms with E-state index in [0.717, 1.165) is 0 Å². The predicted molar refractivity (Wildman–Crippen MR) is 97.3 cm³/mol. The van der Waals surface area contributed by atoms with E-state index >= 15 is 0 Å². The van der Waals surface area contributed by atoms with Crippen LogP contribution in [0.15, 0.2) is 42.5 Å². The minimum Gasteiger partial charge on any atom is -0.495 e. The summed E-state index contributed by atoms with van der Waals surface area (Å²) in [6, 6.07) is 13.0. The van der Waals surface area contributed by atoms with Crippen LogP contribution in [0.3, 0.4) is 0 Å². The van der Waals surface area contributed by atoms with Gasteiger partial charge in [0.2, 0.25) is 5.91 Å². The quantitative estimate of drug-likeness (QED) is 0.605. The molecule has 0 fully saturated rings. The Bertz CT molecular complexity index is 861. The van der Waals surface area contributed by atoms with E-state index in [9.17, 15) is 14.9 Å². The van der Waals surface area contributed by atoms with Gasteiger partial charge >= 0.3 is 0 Å². The van der Waals surface area contributed by atoms with Gasteiger partial charge in [0.25, 0.3) is 5.69 Å². The lowest BCUT2D eigenvalue weighted by Gasteiger charge is -2.22. The molecule has 0 spiro atoms. The van der Waals surface area contributed by atoms with Crippen molar-refractivity contribution in [1.29, 1.82) is 5.26 Å². The van der Waals surface area contributed by atoms with Crippen molar-refractivity contribution in [2.45, 2.75) is 6.92 Å². The number of nitro benzene ring substituents is 1. The smallest absolute Gasteiger partial charge is 0.293 e. The summed E-state index contributed by atoms with van der Waals surface area (Å²) in [6.45, 7) is 2.09. The summed E-state index contributed by atoms with van der Waals surface area (Å²) >= 11 is 0. The highest BCUT2D eigenvalue weighted by Gasteiger charge is 2.21. The van der Waals surface area contributed by atoms with Crippen molar-refractivity contribution in [1.82, 2.24) is 0 Å². The minimum absolute atomic E-state index is 0.0821. The summed E-state index contributed by atoms with van der Waals surface area (Å²) in [7, 11) is 1.50. The van der Waals surface area contributed by atoms with E-state index < -0.39 is 4.92 Å². The highest BCUT2D eigenvalue weighted by Crippen LogP contribution is 2.29. The van der Waals surface area contributed by atoms with Gasteiger partial charge in [0, 0.05) is 12.6 Å².